The van der Waals surface area contributed by atoms with Gasteiger partial charge < -0.3 is 5.32 Å². The second kappa shape index (κ2) is 6.53. The van der Waals surface area contributed by atoms with Crippen LogP contribution in [-0.4, -0.2) is 5.91 Å². The molecule has 1 amide bonds. The summed E-state index contributed by atoms with van der Waals surface area (Å²) >= 11 is 7.81. The minimum absolute atomic E-state index is 0.0880. The van der Waals surface area contributed by atoms with Crippen LogP contribution in [0.5, 0.6) is 0 Å². The molecule has 0 aromatic heterocycles. The van der Waals surface area contributed by atoms with E-state index in [9.17, 15) is 4.79 Å². The van der Waals surface area contributed by atoms with Crippen LogP contribution in [0.1, 0.15) is 15.9 Å². The van der Waals surface area contributed by atoms with Crippen molar-refractivity contribution in [2.45, 2.75) is 6.92 Å². The van der Waals surface area contributed by atoms with Crippen LogP contribution in [-0.2, 0) is 0 Å². The summed E-state index contributed by atoms with van der Waals surface area (Å²) in [4.78, 5) is 12.3. The van der Waals surface area contributed by atoms with E-state index < -0.39 is 0 Å². The van der Waals surface area contributed by atoms with Gasteiger partial charge in [0, 0.05) is 17.3 Å². The molecule has 0 bridgehead atoms. The maximum absolute atomic E-state index is 12.3. The number of carbonyl (C=O) groups is 1. The Labute approximate surface area is 147 Å². The Balaban J connectivity index is 2.28. The molecule has 2 aromatic carbocycles. The fourth-order valence-electron chi connectivity index (χ4n) is 1.63. The van der Waals surface area contributed by atoms with Crippen LogP contribution >= 0.6 is 61.1 Å². The van der Waals surface area contributed by atoms with Gasteiger partial charge in [0.15, 0.2) is 0 Å². The maximum atomic E-state index is 12.3. The summed E-state index contributed by atoms with van der Waals surface area (Å²) in [5, 5.41) is 2.95. The van der Waals surface area contributed by atoms with E-state index in [1.54, 1.807) is 0 Å². The SMILES string of the molecule is Cc1cc(I)ccc1NC(=O)c1cc(Br)ccc1I. The molecule has 0 saturated carbocycles. The Morgan fingerprint density at radius 3 is 2.58 bits per heavy atom. The summed E-state index contributed by atoms with van der Waals surface area (Å²) in [7, 11) is 0. The van der Waals surface area contributed by atoms with Crippen molar-refractivity contribution in [2.75, 3.05) is 5.32 Å². The van der Waals surface area contributed by atoms with Crippen molar-refractivity contribution in [3.8, 4) is 0 Å². The predicted molar refractivity (Wildman–Crippen MR) is 98.7 cm³/mol. The van der Waals surface area contributed by atoms with Gasteiger partial charge in [-0.3, -0.25) is 4.79 Å². The normalized spacial score (nSPS) is 10.3. The molecule has 0 aliphatic heterocycles. The summed E-state index contributed by atoms with van der Waals surface area (Å²) in [6.45, 7) is 1.99. The molecule has 2 rings (SSSR count). The molecule has 1 N–H and O–H groups in total. The number of carbonyl (C=O) groups excluding carboxylic acids is 1. The molecule has 0 atom stereocenters. The highest BCUT2D eigenvalue weighted by molar-refractivity contribution is 14.1. The molecule has 2 nitrogen and oxygen atoms in total. The largest absolute Gasteiger partial charge is 0.322 e. The van der Waals surface area contributed by atoms with Gasteiger partial charge in [-0.25, -0.2) is 0 Å². The number of benzene rings is 2. The van der Waals surface area contributed by atoms with E-state index in [0.29, 0.717) is 5.56 Å². The Hall–Kier alpha value is -0.150. The van der Waals surface area contributed by atoms with Crippen LogP contribution in [0.15, 0.2) is 40.9 Å². The average Bonchev–Trinajstić information content (AvgIpc) is 2.35. The molecule has 0 aliphatic rings. The molecule has 0 unspecified atom stereocenters. The second-order valence-electron chi connectivity index (χ2n) is 4.04. The van der Waals surface area contributed by atoms with Crippen LogP contribution in [0.2, 0.25) is 0 Å². The monoisotopic (exact) mass is 541 g/mol. The Morgan fingerprint density at radius 1 is 1.16 bits per heavy atom. The van der Waals surface area contributed by atoms with Crippen LogP contribution in [0.3, 0.4) is 0 Å². The van der Waals surface area contributed by atoms with Crippen molar-refractivity contribution in [3.63, 3.8) is 0 Å². The molecular formula is C14H10BrI2NO. The number of nitrogens with one attached hydrogen (secondary N) is 1. The van der Waals surface area contributed by atoms with Crippen LogP contribution in [0, 0.1) is 14.1 Å². The fraction of sp³-hybridized carbons (Fsp3) is 0.0714. The van der Waals surface area contributed by atoms with Gasteiger partial charge >= 0.3 is 0 Å². The minimum Gasteiger partial charge on any atom is -0.322 e. The Morgan fingerprint density at radius 2 is 1.89 bits per heavy atom. The van der Waals surface area contributed by atoms with E-state index in [1.165, 1.54) is 0 Å². The fourth-order valence-corrected chi connectivity index (χ4v) is 3.22. The maximum Gasteiger partial charge on any atom is 0.256 e. The van der Waals surface area contributed by atoms with Crippen molar-refractivity contribution in [3.05, 3.63) is 59.1 Å². The third-order valence-electron chi connectivity index (χ3n) is 2.61. The minimum atomic E-state index is -0.0880. The van der Waals surface area contributed by atoms with E-state index in [2.05, 4.69) is 66.4 Å². The lowest BCUT2D eigenvalue weighted by atomic mass is 10.1. The molecule has 5 heteroatoms. The first-order valence-corrected chi connectivity index (χ1v) is 8.45. The van der Waals surface area contributed by atoms with Gasteiger partial charge in [-0.1, -0.05) is 15.9 Å². The first-order chi connectivity index (χ1) is 8.97. The van der Waals surface area contributed by atoms with E-state index in [4.69, 9.17) is 0 Å². The zero-order valence-corrected chi connectivity index (χ0v) is 15.9. The standard InChI is InChI=1S/C14H10BrI2NO/c1-8-6-10(16)3-5-13(8)18-14(19)11-7-9(15)2-4-12(11)17/h2-7H,1H3,(H,18,19). The highest BCUT2D eigenvalue weighted by atomic mass is 127. The molecule has 0 saturated heterocycles. The number of aryl methyl sites for hydroxylation is 1. The molecule has 19 heavy (non-hydrogen) atoms. The Bertz CT molecular complexity index is 643. The molecule has 0 radical (unpaired) electrons. The summed E-state index contributed by atoms with van der Waals surface area (Å²) < 4.78 is 2.99. The zero-order chi connectivity index (χ0) is 14.0. The summed E-state index contributed by atoms with van der Waals surface area (Å²) in [5.41, 5.74) is 2.58. The average molecular weight is 542 g/mol. The molecule has 98 valence electrons. The van der Waals surface area contributed by atoms with Crippen LogP contribution < -0.4 is 5.32 Å². The van der Waals surface area contributed by atoms with Crippen molar-refractivity contribution in [2.24, 2.45) is 0 Å². The van der Waals surface area contributed by atoms with Gasteiger partial charge in [0.1, 0.15) is 0 Å². The van der Waals surface area contributed by atoms with Gasteiger partial charge in [0.2, 0.25) is 0 Å². The van der Waals surface area contributed by atoms with Crippen molar-refractivity contribution in [1.29, 1.82) is 0 Å². The first kappa shape index (κ1) is 15.2. The molecule has 0 spiro atoms. The van der Waals surface area contributed by atoms with E-state index in [1.807, 2.05) is 43.3 Å². The van der Waals surface area contributed by atoms with E-state index in [-0.39, 0.29) is 5.91 Å². The van der Waals surface area contributed by atoms with Gasteiger partial charge in [0.05, 0.1) is 5.56 Å². The number of rotatable bonds is 2. The molecule has 0 heterocycles. The quantitative estimate of drug-likeness (QED) is 0.519. The van der Waals surface area contributed by atoms with Crippen LogP contribution in [0.25, 0.3) is 0 Å². The smallest absolute Gasteiger partial charge is 0.256 e. The van der Waals surface area contributed by atoms with E-state index in [0.717, 1.165) is 22.9 Å². The first-order valence-electron chi connectivity index (χ1n) is 5.50. The molecule has 0 fully saturated rings. The highest BCUT2D eigenvalue weighted by Crippen LogP contribution is 2.22. The van der Waals surface area contributed by atoms with Crippen LogP contribution in [0.4, 0.5) is 5.69 Å². The number of halogens is 3. The zero-order valence-electron chi connectivity index (χ0n) is 10.0. The predicted octanol–water partition coefficient (Wildman–Crippen LogP) is 5.22. The van der Waals surface area contributed by atoms with Crippen molar-refractivity contribution in [1.82, 2.24) is 0 Å². The van der Waals surface area contributed by atoms with Gasteiger partial charge in [0.25, 0.3) is 5.91 Å². The van der Waals surface area contributed by atoms with Gasteiger partial charge in [-0.15, -0.1) is 0 Å². The number of hydrogen-bond donors (Lipinski definition) is 1. The summed E-state index contributed by atoms with van der Waals surface area (Å²) in [5.74, 6) is -0.0880. The highest BCUT2D eigenvalue weighted by Gasteiger charge is 2.11. The third kappa shape index (κ3) is 3.91. The molecular weight excluding hydrogens is 532 g/mol. The Kier molecular flexibility index (Phi) is 5.24. The van der Waals surface area contributed by atoms with Gasteiger partial charge in [-0.2, -0.15) is 0 Å². The molecule has 0 aliphatic carbocycles. The van der Waals surface area contributed by atoms with Crippen molar-refractivity contribution >= 4 is 72.7 Å². The van der Waals surface area contributed by atoms with Gasteiger partial charge in [-0.05, 0) is 94.1 Å². The lowest BCUT2D eigenvalue weighted by Gasteiger charge is -2.10. The lowest BCUT2D eigenvalue weighted by Crippen LogP contribution is -2.14. The van der Waals surface area contributed by atoms with E-state index >= 15 is 0 Å². The third-order valence-corrected chi connectivity index (χ3v) is 4.71. The lowest BCUT2D eigenvalue weighted by molar-refractivity contribution is 0.102. The topological polar surface area (TPSA) is 29.1 Å². The number of anilines is 1. The summed E-state index contributed by atoms with van der Waals surface area (Å²) in [6, 6.07) is 11.6. The second-order valence-corrected chi connectivity index (χ2v) is 7.36. The molecule has 2 aromatic rings. The summed E-state index contributed by atoms with van der Waals surface area (Å²) in [6.07, 6.45) is 0. The van der Waals surface area contributed by atoms with Crippen molar-refractivity contribution < 1.29 is 4.79 Å². The number of hydrogen-bond acceptors (Lipinski definition) is 1. The number of amides is 1.